The van der Waals surface area contributed by atoms with Gasteiger partial charge in [-0.2, -0.15) is 0 Å². The molecule has 1 rings (SSSR count). The molecule has 0 spiro atoms. The molecule has 6 nitrogen and oxygen atoms in total. The van der Waals surface area contributed by atoms with Crippen LogP contribution < -0.4 is 15.4 Å². The van der Waals surface area contributed by atoms with Gasteiger partial charge in [-0.25, -0.2) is 4.99 Å². The van der Waals surface area contributed by atoms with Gasteiger partial charge in [0.25, 0.3) is 0 Å². The lowest BCUT2D eigenvalue weighted by Gasteiger charge is -2.30. The van der Waals surface area contributed by atoms with E-state index in [0.29, 0.717) is 31.8 Å². The van der Waals surface area contributed by atoms with Crippen molar-refractivity contribution >= 4 is 29.9 Å². The molecule has 2 N–H and O–H groups in total. The maximum absolute atomic E-state index is 5.77. The number of nitrogens with zero attached hydrogens (tertiary/aromatic N) is 2. The summed E-state index contributed by atoms with van der Waals surface area (Å²) in [6, 6.07) is 9.20. The van der Waals surface area contributed by atoms with Crippen LogP contribution >= 0.6 is 24.0 Å². The number of hydrogen-bond acceptors (Lipinski definition) is 4. The summed E-state index contributed by atoms with van der Waals surface area (Å²) in [4.78, 5) is 7.19. The third kappa shape index (κ3) is 12.3. The Hall–Kier alpha value is -1.06. The van der Waals surface area contributed by atoms with Crippen molar-refractivity contribution in [2.75, 3.05) is 40.0 Å². The van der Waals surface area contributed by atoms with Crippen LogP contribution in [0.15, 0.2) is 29.3 Å². The Morgan fingerprint density at radius 1 is 1.10 bits per heavy atom. The van der Waals surface area contributed by atoms with E-state index in [4.69, 9.17) is 14.5 Å². The van der Waals surface area contributed by atoms with Gasteiger partial charge in [0.2, 0.25) is 0 Å². The van der Waals surface area contributed by atoms with Crippen molar-refractivity contribution in [1.29, 1.82) is 0 Å². The van der Waals surface area contributed by atoms with E-state index in [-0.39, 0.29) is 24.0 Å². The number of benzene rings is 1. The highest BCUT2D eigenvalue weighted by Crippen LogP contribution is 2.14. The zero-order chi connectivity index (χ0) is 20.8. The maximum atomic E-state index is 5.77. The second kappa shape index (κ2) is 16.7. The minimum atomic E-state index is 0. The van der Waals surface area contributed by atoms with Gasteiger partial charge in [-0.05, 0) is 52.3 Å². The van der Waals surface area contributed by atoms with Gasteiger partial charge in [-0.15, -0.1) is 24.0 Å². The molecule has 0 bridgehead atoms. The fourth-order valence-electron chi connectivity index (χ4n) is 3.06. The molecule has 0 atom stereocenters. The van der Waals surface area contributed by atoms with Crippen molar-refractivity contribution in [1.82, 2.24) is 15.5 Å². The Morgan fingerprint density at radius 2 is 1.83 bits per heavy atom. The molecule has 0 fully saturated rings. The minimum absolute atomic E-state index is 0. The van der Waals surface area contributed by atoms with Gasteiger partial charge < -0.3 is 20.1 Å². The number of guanidine groups is 1. The number of aliphatic imine (C=N–C) groups is 1. The summed E-state index contributed by atoms with van der Waals surface area (Å²) in [5.74, 6) is 1.73. The zero-order valence-electron chi connectivity index (χ0n) is 19.0. The number of hydrogen-bond donors (Lipinski definition) is 2. The van der Waals surface area contributed by atoms with Crippen molar-refractivity contribution in [3.05, 3.63) is 29.8 Å². The lowest BCUT2D eigenvalue weighted by molar-refractivity contribution is 0.172. The second-order valence-corrected chi connectivity index (χ2v) is 7.39. The molecule has 0 saturated carbocycles. The van der Waals surface area contributed by atoms with Gasteiger partial charge in [0.15, 0.2) is 5.96 Å². The van der Waals surface area contributed by atoms with E-state index < -0.39 is 0 Å². The lowest BCUT2D eigenvalue weighted by atomic mass is 10.2. The molecule has 0 saturated heterocycles. The minimum Gasteiger partial charge on any atom is -0.493 e. The maximum Gasteiger partial charge on any atom is 0.191 e. The number of methoxy groups -OCH3 is 1. The van der Waals surface area contributed by atoms with Gasteiger partial charge in [-0.3, -0.25) is 4.90 Å². The van der Waals surface area contributed by atoms with E-state index in [1.807, 2.05) is 12.1 Å². The number of halogens is 1. The molecular formula is C22H41IN4O2. The number of ether oxygens (including phenoxy) is 2. The fraction of sp³-hybridized carbons (Fsp3) is 0.682. The normalized spacial score (nSPS) is 11.7. The Morgan fingerprint density at radius 3 is 2.45 bits per heavy atom. The third-order valence-electron chi connectivity index (χ3n) is 4.41. The zero-order valence-corrected chi connectivity index (χ0v) is 21.4. The molecule has 0 aromatic heterocycles. The van der Waals surface area contributed by atoms with E-state index >= 15 is 0 Å². The summed E-state index contributed by atoms with van der Waals surface area (Å²) in [6.07, 6.45) is 0.886. The van der Waals surface area contributed by atoms with Crippen LogP contribution in [0.3, 0.4) is 0 Å². The first-order valence-corrected chi connectivity index (χ1v) is 10.5. The van der Waals surface area contributed by atoms with Crippen molar-refractivity contribution in [3.8, 4) is 5.75 Å². The Labute approximate surface area is 194 Å². The first kappa shape index (κ1) is 27.9. The Balaban J connectivity index is 0.00000784. The largest absolute Gasteiger partial charge is 0.493 e. The molecule has 0 aliphatic heterocycles. The molecule has 7 heteroatoms. The van der Waals surface area contributed by atoms with E-state index in [9.17, 15) is 0 Å². The summed E-state index contributed by atoms with van der Waals surface area (Å²) >= 11 is 0. The highest BCUT2D eigenvalue weighted by molar-refractivity contribution is 14.0. The molecule has 0 amide bonds. The molecule has 0 aliphatic rings. The Kier molecular flexibility index (Phi) is 16.1. The van der Waals surface area contributed by atoms with Gasteiger partial charge in [-0.1, -0.05) is 12.1 Å². The Bertz CT molecular complexity index is 559. The molecule has 0 radical (unpaired) electrons. The van der Waals surface area contributed by atoms with Crippen LogP contribution in [0, 0.1) is 0 Å². The molecule has 0 heterocycles. The van der Waals surface area contributed by atoms with Gasteiger partial charge in [0.05, 0.1) is 13.2 Å². The monoisotopic (exact) mass is 520 g/mol. The molecular weight excluding hydrogens is 479 g/mol. The average molecular weight is 521 g/mol. The number of nitrogens with one attached hydrogen (secondary N) is 2. The summed E-state index contributed by atoms with van der Waals surface area (Å²) in [5, 5.41) is 6.77. The van der Waals surface area contributed by atoms with Crippen molar-refractivity contribution in [3.63, 3.8) is 0 Å². The first-order chi connectivity index (χ1) is 13.5. The third-order valence-corrected chi connectivity index (χ3v) is 4.41. The predicted octanol–water partition coefficient (Wildman–Crippen LogP) is 3.89. The lowest BCUT2D eigenvalue weighted by Crippen LogP contribution is -2.45. The van der Waals surface area contributed by atoms with Crippen molar-refractivity contribution < 1.29 is 9.47 Å². The SMILES string of the molecule is CCNC(=NCc1cccc(OCCCOC)c1)NCCN(C(C)C)C(C)C.I. The van der Waals surface area contributed by atoms with Crippen LogP contribution in [0.25, 0.3) is 0 Å². The summed E-state index contributed by atoms with van der Waals surface area (Å²) < 4.78 is 10.8. The highest BCUT2D eigenvalue weighted by atomic mass is 127. The van der Waals surface area contributed by atoms with Gasteiger partial charge in [0, 0.05) is 51.9 Å². The standard InChI is InChI=1S/C22H40N4O2.HI/c1-7-23-22(24-12-13-26(18(2)3)19(4)5)25-17-20-10-8-11-21(16-20)28-15-9-14-27-6;/h8,10-11,16,18-19H,7,9,12-15,17H2,1-6H3,(H2,23,24,25);1H. The molecule has 0 aliphatic carbocycles. The van der Waals surface area contributed by atoms with Gasteiger partial charge in [0.1, 0.15) is 5.75 Å². The summed E-state index contributed by atoms with van der Waals surface area (Å²) in [6.45, 7) is 15.7. The van der Waals surface area contributed by atoms with E-state index in [1.54, 1.807) is 7.11 Å². The quantitative estimate of drug-likeness (QED) is 0.179. The van der Waals surface area contributed by atoms with Crippen LogP contribution in [0.1, 0.15) is 46.6 Å². The second-order valence-electron chi connectivity index (χ2n) is 7.39. The van der Waals surface area contributed by atoms with E-state index in [1.165, 1.54) is 0 Å². The average Bonchev–Trinajstić information content (AvgIpc) is 2.66. The van der Waals surface area contributed by atoms with E-state index in [2.05, 4.69) is 62.3 Å². The smallest absolute Gasteiger partial charge is 0.191 e. The van der Waals surface area contributed by atoms with Crippen LogP contribution in [-0.4, -0.2) is 62.9 Å². The molecule has 168 valence electrons. The number of rotatable bonds is 13. The molecule has 0 unspecified atom stereocenters. The highest BCUT2D eigenvalue weighted by Gasteiger charge is 2.12. The van der Waals surface area contributed by atoms with Crippen LogP contribution in [0.4, 0.5) is 0 Å². The predicted molar refractivity (Wildman–Crippen MR) is 134 cm³/mol. The topological polar surface area (TPSA) is 58.1 Å². The first-order valence-electron chi connectivity index (χ1n) is 10.5. The summed E-state index contributed by atoms with van der Waals surface area (Å²) in [5.41, 5.74) is 1.13. The van der Waals surface area contributed by atoms with Crippen molar-refractivity contribution in [2.45, 2.75) is 59.7 Å². The molecule has 1 aromatic rings. The van der Waals surface area contributed by atoms with Crippen LogP contribution in [0.2, 0.25) is 0 Å². The van der Waals surface area contributed by atoms with Crippen LogP contribution in [-0.2, 0) is 11.3 Å². The van der Waals surface area contributed by atoms with Crippen LogP contribution in [0.5, 0.6) is 5.75 Å². The van der Waals surface area contributed by atoms with Gasteiger partial charge >= 0.3 is 0 Å². The fourth-order valence-corrected chi connectivity index (χ4v) is 3.06. The van der Waals surface area contributed by atoms with E-state index in [0.717, 1.165) is 43.3 Å². The molecule has 29 heavy (non-hydrogen) atoms. The summed E-state index contributed by atoms with van der Waals surface area (Å²) in [7, 11) is 1.71. The van der Waals surface area contributed by atoms with Crippen molar-refractivity contribution in [2.24, 2.45) is 4.99 Å². The molecule has 1 aromatic carbocycles.